The molecule has 3 rings (SSSR count). The number of carbonyl (C=O) groups is 1. The highest BCUT2D eigenvalue weighted by atomic mass is 16.3. The first-order valence-corrected chi connectivity index (χ1v) is 5.30. The van der Waals surface area contributed by atoms with Gasteiger partial charge in [0.25, 0.3) is 0 Å². The van der Waals surface area contributed by atoms with Gasteiger partial charge in [-0.1, -0.05) is 12.1 Å². The van der Waals surface area contributed by atoms with Gasteiger partial charge in [-0.3, -0.25) is 4.79 Å². The van der Waals surface area contributed by atoms with Gasteiger partial charge < -0.3 is 10.4 Å². The van der Waals surface area contributed by atoms with Crippen molar-refractivity contribution in [1.29, 1.82) is 0 Å². The highest BCUT2D eigenvalue weighted by Crippen LogP contribution is 2.51. The van der Waals surface area contributed by atoms with Gasteiger partial charge in [-0.2, -0.15) is 0 Å². The normalized spacial score (nSPS) is 33.1. The van der Waals surface area contributed by atoms with Crippen molar-refractivity contribution in [3.63, 3.8) is 0 Å². The van der Waals surface area contributed by atoms with E-state index < -0.39 is 0 Å². The van der Waals surface area contributed by atoms with Gasteiger partial charge in [0.05, 0.1) is 0 Å². The molecule has 1 heterocycles. The Kier molecular flexibility index (Phi) is 1.61. The maximum Gasteiger partial charge on any atom is 0.224 e. The lowest BCUT2D eigenvalue weighted by atomic mass is 9.58. The van der Waals surface area contributed by atoms with Gasteiger partial charge >= 0.3 is 0 Å². The maximum atomic E-state index is 11.5. The van der Waals surface area contributed by atoms with Gasteiger partial charge in [0.1, 0.15) is 5.75 Å². The molecular weight excluding hydrogens is 190 g/mol. The minimum Gasteiger partial charge on any atom is -0.508 e. The third-order valence-corrected chi connectivity index (χ3v) is 3.86. The molecule has 1 aromatic carbocycles. The van der Waals surface area contributed by atoms with Crippen LogP contribution in [0.15, 0.2) is 24.3 Å². The summed E-state index contributed by atoms with van der Waals surface area (Å²) in [5.41, 5.74) is 1.06. The summed E-state index contributed by atoms with van der Waals surface area (Å²) in [6, 6.07) is 7.30. The number of phenols is 1. The summed E-state index contributed by atoms with van der Waals surface area (Å²) in [5, 5.41) is 12.4. The fourth-order valence-electron chi connectivity index (χ4n) is 2.86. The van der Waals surface area contributed by atoms with E-state index in [1.165, 1.54) is 0 Å². The first-order chi connectivity index (χ1) is 7.22. The van der Waals surface area contributed by atoms with Crippen molar-refractivity contribution in [2.24, 2.45) is 5.92 Å². The van der Waals surface area contributed by atoms with Crippen LogP contribution in [0.3, 0.4) is 0 Å². The predicted octanol–water partition coefficient (Wildman–Crippen LogP) is 1.17. The summed E-state index contributed by atoms with van der Waals surface area (Å²) >= 11 is 0. The number of hydrogen-bond donors (Lipinski definition) is 2. The summed E-state index contributed by atoms with van der Waals surface area (Å²) in [4.78, 5) is 11.5. The molecule has 0 spiro atoms. The molecule has 1 aliphatic heterocycles. The van der Waals surface area contributed by atoms with Gasteiger partial charge in [-0.05, 0) is 30.5 Å². The van der Waals surface area contributed by atoms with Gasteiger partial charge in [-0.25, -0.2) is 0 Å². The first kappa shape index (κ1) is 8.77. The average Bonchev–Trinajstić information content (AvgIpc) is 2.37. The molecule has 2 fully saturated rings. The van der Waals surface area contributed by atoms with E-state index in [0.29, 0.717) is 0 Å². The Morgan fingerprint density at radius 3 is 2.93 bits per heavy atom. The highest BCUT2D eigenvalue weighted by molar-refractivity contribution is 5.85. The molecule has 1 amide bonds. The summed E-state index contributed by atoms with van der Waals surface area (Å²) in [5.74, 6) is 0.579. The van der Waals surface area contributed by atoms with E-state index in [1.54, 1.807) is 12.1 Å². The van der Waals surface area contributed by atoms with Gasteiger partial charge in [0.15, 0.2) is 0 Å². The molecule has 0 aromatic heterocycles. The Morgan fingerprint density at radius 2 is 2.33 bits per heavy atom. The van der Waals surface area contributed by atoms with E-state index in [2.05, 4.69) is 5.32 Å². The van der Waals surface area contributed by atoms with E-state index in [1.807, 2.05) is 12.1 Å². The molecule has 1 saturated carbocycles. The number of hydrogen-bond acceptors (Lipinski definition) is 2. The van der Waals surface area contributed by atoms with Crippen molar-refractivity contribution in [2.45, 2.75) is 18.3 Å². The van der Waals surface area contributed by atoms with Crippen LogP contribution in [0.4, 0.5) is 0 Å². The molecule has 1 aliphatic carbocycles. The van der Waals surface area contributed by atoms with Crippen molar-refractivity contribution in [3.8, 4) is 5.75 Å². The lowest BCUT2D eigenvalue weighted by Crippen LogP contribution is -2.44. The number of phenolic OH excluding ortho intramolecular Hbond substituents is 1. The predicted molar refractivity (Wildman–Crippen MR) is 55.5 cm³/mol. The van der Waals surface area contributed by atoms with Crippen LogP contribution in [-0.2, 0) is 10.2 Å². The van der Waals surface area contributed by atoms with Crippen molar-refractivity contribution >= 4 is 5.91 Å². The third-order valence-electron chi connectivity index (χ3n) is 3.86. The van der Waals surface area contributed by atoms with Crippen LogP contribution in [0.2, 0.25) is 0 Å². The van der Waals surface area contributed by atoms with Gasteiger partial charge in [0, 0.05) is 17.9 Å². The van der Waals surface area contributed by atoms with Crippen LogP contribution < -0.4 is 5.32 Å². The molecule has 15 heavy (non-hydrogen) atoms. The third kappa shape index (κ3) is 1.03. The largest absolute Gasteiger partial charge is 0.508 e. The molecule has 0 bridgehead atoms. The molecule has 2 atom stereocenters. The standard InChI is InChI=1S/C12H13NO2/c14-9-3-1-2-8(6-9)12-5-4-10(12)11(15)13-7-12/h1-3,6,10,14H,4-5,7H2,(H,13,15). The minimum atomic E-state index is -0.0319. The Hall–Kier alpha value is -1.51. The van der Waals surface area contributed by atoms with Crippen LogP contribution in [0.25, 0.3) is 0 Å². The molecular formula is C12H13NO2. The zero-order chi connectivity index (χ0) is 10.5. The zero-order valence-electron chi connectivity index (χ0n) is 8.36. The molecule has 0 radical (unpaired) electrons. The topological polar surface area (TPSA) is 49.3 Å². The Labute approximate surface area is 88.1 Å². The van der Waals surface area contributed by atoms with Crippen molar-refractivity contribution in [1.82, 2.24) is 5.32 Å². The first-order valence-electron chi connectivity index (χ1n) is 5.30. The second-order valence-corrected chi connectivity index (χ2v) is 4.52. The summed E-state index contributed by atoms with van der Waals surface area (Å²) in [7, 11) is 0. The fourth-order valence-corrected chi connectivity index (χ4v) is 2.86. The van der Waals surface area contributed by atoms with E-state index in [-0.39, 0.29) is 23.0 Å². The van der Waals surface area contributed by atoms with E-state index in [0.717, 1.165) is 24.9 Å². The van der Waals surface area contributed by atoms with Gasteiger partial charge in [-0.15, -0.1) is 0 Å². The van der Waals surface area contributed by atoms with Crippen molar-refractivity contribution in [2.75, 3.05) is 6.54 Å². The van der Waals surface area contributed by atoms with Crippen LogP contribution in [0.1, 0.15) is 18.4 Å². The Morgan fingerprint density at radius 1 is 1.47 bits per heavy atom. The molecule has 1 saturated heterocycles. The quantitative estimate of drug-likeness (QED) is 0.719. The Balaban J connectivity index is 2.04. The highest BCUT2D eigenvalue weighted by Gasteiger charge is 2.55. The second kappa shape index (κ2) is 2.75. The number of benzene rings is 1. The van der Waals surface area contributed by atoms with Crippen LogP contribution in [0, 0.1) is 5.92 Å². The number of amides is 1. The molecule has 78 valence electrons. The van der Waals surface area contributed by atoms with Crippen LogP contribution in [-0.4, -0.2) is 17.6 Å². The number of fused-ring (bicyclic) bond motifs is 1. The van der Waals surface area contributed by atoms with E-state index in [4.69, 9.17) is 0 Å². The SMILES string of the molecule is O=C1NCC2(c3cccc(O)c3)CCC12. The monoisotopic (exact) mass is 203 g/mol. The number of aromatic hydroxyl groups is 1. The van der Waals surface area contributed by atoms with Crippen molar-refractivity contribution in [3.05, 3.63) is 29.8 Å². The zero-order valence-corrected chi connectivity index (χ0v) is 8.36. The van der Waals surface area contributed by atoms with Gasteiger partial charge in [0.2, 0.25) is 5.91 Å². The molecule has 3 nitrogen and oxygen atoms in total. The minimum absolute atomic E-state index is 0.0319. The lowest BCUT2D eigenvalue weighted by molar-refractivity contribution is -0.125. The number of carbonyl (C=O) groups excluding carboxylic acids is 1. The molecule has 2 unspecified atom stereocenters. The molecule has 2 aliphatic rings. The Bertz CT molecular complexity index is 429. The summed E-state index contributed by atoms with van der Waals surface area (Å²) in [6.07, 6.45) is 2.02. The molecule has 1 aromatic rings. The van der Waals surface area contributed by atoms with Crippen molar-refractivity contribution < 1.29 is 9.90 Å². The van der Waals surface area contributed by atoms with Crippen LogP contribution >= 0.6 is 0 Å². The number of nitrogens with one attached hydrogen (secondary N) is 1. The number of rotatable bonds is 1. The average molecular weight is 203 g/mol. The summed E-state index contributed by atoms with van der Waals surface area (Å²) < 4.78 is 0. The van der Waals surface area contributed by atoms with E-state index in [9.17, 15) is 9.90 Å². The lowest BCUT2D eigenvalue weighted by Gasteiger charge is -2.43. The van der Waals surface area contributed by atoms with E-state index >= 15 is 0 Å². The summed E-state index contributed by atoms with van der Waals surface area (Å²) in [6.45, 7) is 0.722. The smallest absolute Gasteiger partial charge is 0.224 e. The molecule has 2 N–H and O–H groups in total. The maximum absolute atomic E-state index is 11.5. The van der Waals surface area contributed by atoms with Crippen LogP contribution in [0.5, 0.6) is 5.75 Å². The second-order valence-electron chi connectivity index (χ2n) is 4.52. The fraction of sp³-hybridized carbons (Fsp3) is 0.417. The molecule has 3 heteroatoms.